The summed E-state index contributed by atoms with van der Waals surface area (Å²) in [5.41, 5.74) is 1.65. The molecule has 1 aliphatic heterocycles. The van der Waals surface area contributed by atoms with Crippen LogP contribution < -0.4 is 10.2 Å². The van der Waals surface area contributed by atoms with Gasteiger partial charge in [0.15, 0.2) is 0 Å². The van der Waals surface area contributed by atoms with Gasteiger partial charge in [-0.05, 0) is 49.3 Å². The normalized spacial score (nSPS) is 19.2. The summed E-state index contributed by atoms with van der Waals surface area (Å²) in [5, 5.41) is 3.93. The molecule has 0 saturated carbocycles. The Morgan fingerprint density at radius 3 is 2.74 bits per heavy atom. The van der Waals surface area contributed by atoms with Crippen molar-refractivity contribution < 1.29 is 9.18 Å². The lowest BCUT2D eigenvalue weighted by molar-refractivity contribution is 0.208. The molecule has 0 bridgehead atoms. The van der Waals surface area contributed by atoms with E-state index in [0.717, 1.165) is 35.7 Å². The summed E-state index contributed by atoms with van der Waals surface area (Å²) < 4.78 is 14.0. The van der Waals surface area contributed by atoms with Crippen LogP contribution >= 0.6 is 11.3 Å². The molecule has 8 heteroatoms. The van der Waals surface area contributed by atoms with E-state index in [0.29, 0.717) is 38.0 Å². The van der Waals surface area contributed by atoms with Gasteiger partial charge in [-0.1, -0.05) is 32.9 Å². The fourth-order valence-corrected chi connectivity index (χ4v) is 6.23. The molecule has 3 aromatic rings. The van der Waals surface area contributed by atoms with Gasteiger partial charge in [-0.15, -0.1) is 11.3 Å². The van der Waals surface area contributed by atoms with Crippen LogP contribution in [0.15, 0.2) is 24.3 Å². The molecule has 1 fully saturated rings. The van der Waals surface area contributed by atoms with Crippen molar-refractivity contribution >= 4 is 39.1 Å². The van der Waals surface area contributed by atoms with Gasteiger partial charge in [-0.25, -0.2) is 19.2 Å². The van der Waals surface area contributed by atoms with Crippen LogP contribution in [0.4, 0.5) is 20.7 Å². The molecule has 6 nitrogen and oxygen atoms in total. The van der Waals surface area contributed by atoms with Crippen LogP contribution in [-0.2, 0) is 12.8 Å². The van der Waals surface area contributed by atoms with E-state index in [9.17, 15) is 9.18 Å². The van der Waals surface area contributed by atoms with Crippen molar-refractivity contribution in [2.45, 2.75) is 52.4 Å². The first-order valence-electron chi connectivity index (χ1n) is 12.3. The van der Waals surface area contributed by atoms with Crippen LogP contribution in [0.25, 0.3) is 10.2 Å². The van der Waals surface area contributed by atoms with Crippen LogP contribution in [0.1, 0.15) is 55.8 Å². The molecular weight excluding hydrogens is 449 g/mol. The molecule has 0 spiro atoms. The maximum atomic E-state index is 14.0. The zero-order valence-electron chi connectivity index (χ0n) is 20.1. The first-order valence-corrected chi connectivity index (χ1v) is 13.1. The predicted molar refractivity (Wildman–Crippen MR) is 137 cm³/mol. The van der Waals surface area contributed by atoms with Crippen molar-refractivity contribution in [2.24, 2.45) is 5.92 Å². The SMILES string of the molecule is CC[C@H](C)c1nc(N2CCN(C(=O)Nc3ccccc3F)CC2)c2c3c(sc2n1)C[C@@H](C)CC3. The summed E-state index contributed by atoms with van der Waals surface area (Å²) in [6.45, 7) is 9.20. The second kappa shape index (κ2) is 9.49. The average molecular weight is 482 g/mol. The molecule has 1 saturated heterocycles. The Morgan fingerprint density at radius 2 is 2.00 bits per heavy atom. The quantitative estimate of drug-likeness (QED) is 0.510. The Labute approximate surface area is 204 Å². The van der Waals surface area contributed by atoms with Gasteiger partial charge in [-0.2, -0.15) is 0 Å². The minimum Gasteiger partial charge on any atom is -0.352 e. The summed E-state index contributed by atoms with van der Waals surface area (Å²) in [6.07, 6.45) is 4.41. The highest BCUT2D eigenvalue weighted by Gasteiger charge is 2.29. The number of aromatic nitrogens is 2. The molecule has 1 N–H and O–H groups in total. The van der Waals surface area contributed by atoms with Gasteiger partial charge in [0.2, 0.25) is 0 Å². The highest BCUT2D eigenvalue weighted by molar-refractivity contribution is 7.19. The van der Waals surface area contributed by atoms with Gasteiger partial charge >= 0.3 is 6.03 Å². The van der Waals surface area contributed by atoms with Gasteiger partial charge in [0.1, 0.15) is 22.3 Å². The molecule has 2 aliphatic rings. The third kappa shape index (κ3) is 4.35. The zero-order valence-corrected chi connectivity index (χ0v) is 20.9. The smallest absolute Gasteiger partial charge is 0.322 e. The van der Waals surface area contributed by atoms with E-state index < -0.39 is 5.82 Å². The van der Waals surface area contributed by atoms with Gasteiger partial charge in [0.05, 0.1) is 11.1 Å². The summed E-state index contributed by atoms with van der Waals surface area (Å²) in [5.74, 6) is 2.53. The number of rotatable bonds is 4. The second-order valence-corrected chi connectivity index (χ2v) is 10.7. The number of anilines is 2. The maximum Gasteiger partial charge on any atom is 0.322 e. The van der Waals surface area contributed by atoms with Crippen LogP contribution in [-0.4, -0.2) is 47.1 Å². The lowest BCUT2D eigenvalue weighted by atomic mass is 9.89. The standard InChI is InChI=1S/C26H32FN5OS/c1-4-17(3)23-29-24(22-18-10-9-16(2)15-21(18)34-25(22)30-23)31-11-13-32(14-12-31)26(33)28-20-8-6-5-7-19(20)27/h5-8,16-17H,4,9-15H2,1-3H3,(H,28,33)/t16-,17-/m0/s1. The number of piperazine rings is 1. The number of amides is 2. The molecule has 5 rings (SSSR count). The number of hydrogen-bond acceptors (Lipinski definition) is 5. The van der Waals surface area contributed by atoms with Crippen LogP contribution in [0.3, 0.4) is 0 Å². The number of aryl methyl sites for hydroxylation is 1. The molecule has 1 aliphatic carbocycles. The van der Waals surface area contributed by atoms with Gasteiger partial charge in [0.25, 0.3) is 0 Å². The third-order valence-electron chi connectivity index (χ3n) is 7.19. The molecule has 2 atom stereocenters. The largest absolute Gasteiger partial charge is 0.352 e. The number of fused-ring (bicyclic) bond motifs is 3. The summed E-state index contributed by atoms with van der Waals surface area (Å²) in [4.78, 5) is 29.5. The molecule has 34 heavy (non-hydrogen) atoms. The Hall–Kier alpha value is -2.74. The average Bonchev–Trinajstić information content (AvgIpc) is 3.21. The Morgan fingerprint density at radius 1 is 1.24 bits per heavy atom. The molecule has 1 aromatic carbocycles. The van der Waals surface area contributed by atoms with E-state index in [1.54, 1.807) is 23.1 Å². The fourth-order valence-electron chi connectivity index (χ4n) is 4.85. The van der Waals surface area contributed by atoms with Gasteiger partial charge < -0.3 is 15.1 Å². The molecule has 0 radical (unpaired) electrons. The van der Waals surface area contributed by atoms with Gasteiger partial charge in [0, 0.05) is 37.0 Å². The fraction of sp³-hybridized carbons (Fsp3) is 0.500. The molecule has 0 unspecified atom stereocenters. The number of carbonyl (C=O) groups is 1. The number of thiophene rings is 1. The third-order valence-corrected chi connectivity index (χ3v) is 8.34. The number of urea groups is 1. The van der Waals surface area contributed by atoms with Crippen LogP contribution in [0.2, 0.25) is 0 Å². The molecule has 2 aromatic heterocycles. The lowest BCUT2D eigenvalue weighted by Crippen LogP contribution is -2.50. The van der Waals surface area contributed by atoms with E-state index in [1.807, 2.05) is 11.3 Å². The number of halogens is 1. The maximum absolute atomic E-state index is 14.0. The lowest BCUT2D eigenvalue weighted by Gasteiger charge is -2.36. The van der Waals surface area contributed by atoms with Gasteiger partial charge in [-0.3, -0.25) is 0 Å². The van der Waals surface area contributed by atoms with E-state index >= 15 is 0 Å². The minimum atomic E-state index is -0.424. The van der Waals surface area contributed by atoms with E-state index in [-0.39, 0.29) is 11.7 Å². The van der Waals surface area contributed by atoms with Crippen molar-refractivity contribution in [1.29, 1.82) is 0 Å². The highest BCUT2D eigenvalue weighted by Crippen LogP contribution is 2.42. The predicted octanol–water partition coefficient (Wildman–Crippen LogP) is 5.82. The van der Waals surface area contributed by atoms with E-state index in [4.69, 9.17) is 9.97 Å². The molecule has 180 valence electrons. The number of para-hydroxylation sites is 1. The molecule has 3 heterocycles. The molecule has 2 amide bonds. The Balaban J connectivity index is 1.40. The number of carbonyl (C=O) groups excluding carboxylic acids is 1. The highest BCUT2D eigenvalue weighted by atomic mass is 32.1. The van der Waals surface area contributed by atoms with Crippen molar-refractivity contribution in [3.8, 4) is 0 Å². The first-order chi connectivity index (χ1) is 16.4. The van der Waals surface area contributed by atoms with Crippen molar-refractivity contribution in [1.82, 2.24) is 14.9 Å². The summed E-state index contributed by atoms with van der Waals surface area (Å²) in [7, 11) is 0. The minimum absolute atomic E-state index is 0.213. The number of benzene rings is 1. The Kier molecular flexibility index (Phi) is 6.42. The topological polar surface area (TPSA) is 61.4 Å². The van der Waals surface area contributed by atoms with Crippen LogP contribution in [0.5, 0.6) is 0 Å². The number of nitrogens with one attached hydrogen (secondary N) is 1. The monoisotopic (exact) mass is 481 g/mol. The van der Waals surface area contributed by atoms with Crippen molar-refractivity contribution in [2.75, 3.05) is 36.4 Å². The van der Waals surface area contributed by atoms with E-state index in [1.165, 1.54) is 28.3 Å². The van der Waals surface area contributed by atoms with Crippen LogP contribution in [0, 0.1) is 11.7 Å². The van der Waals surface area contributed by atoms with Crippen molar-refractivity contribution in [3.05, 3.63) is 46.3 Å². The Bertz CT molecular complexity index is 1200. The summed E-state index contributed by atoms with van der Waals surface area (Å²) in [6, 6.07) is 6.00. The summed E-state index contributed by atoms with van der Waals surface area (Å²) >= 11 is 1.84. The van der Waals surface area contributed by atoms with E-state index in [2.05, 4.69) is 31.0 Å². The first kappa shape index (κ1) is 23.0. The second-order valence-electron chi connectivity index (χ2n) is 9.63. The molecular formula is C26H32FN5OS. The number of nitrogens with zero attached hydrogens (tertiary/aromatic N) is 4. The zero-order chi connectivity index (χ0) is 23.8. The van der Waals surface area contributed by atoms with Crippen molar-refractivity contribution in [3.63, 3.8) is 0 Å². The number of hydrogen-bond donors (Lipinski definition) is 1.